The minimum atomic E-state index is -0.788. The largest absolute Gasteiger partial charge is 0.416 e. The first kappa shape index (κ1) is 36.1. The Hall–Kier alpha value is -4.95. The predicted molar refractivity (Wildman–Crippen MR) is 161 cm³/mol. The molecule has 0 fully saturated rings. The molecule has 2 aromatic rings. The molecule has 2 aromatic carbocycles. The monoisotopic (exact) mass is 603 g/mol. The molecule has 0 aliphatic rings. The Morgan fingerprint density at radius 3 is 1.81 bits per heavy atom. The number of allylic oxidation sites excluding steroid dienone is 1. The summed E-state index contributed by atoms with van der Waals surface area (Å²) in [4.78, 5) is 55.6. The standard InChI is InChI=1S/C15H18N2O6.C13H19N3O4/c1-5-10(4)12-7-11(16(19)20)8-13(17(21)22)15(12)23-14(18)6-9(2)3;1-4-6-7-14(5-2)13-11(15(17)18)8-10(3)9-12(13)16(19)20/h6-8,10H,5H2,1-4H3;8-9H,4-7H2,1-3H3. The van der Waals surface area contributed by atoms with Crippen LogP contribution < -0.4 is 9.64 Å². The van der Waals surface area contributed by atoms with Crippen LogP contribution in [0.2, 0.25) is 0 Å². The molecule has 0 radical (unpaired) electrons. The molecule has 1 atom stereocenters. The summed E-state index contributed by atoms with van der Waals surface area (Å²) >= 11 is 0. The molecule has 0 heterocycles. The molecule has 234 valence electrons. The molecule has 0 aliphatic heterocycles. The average Bonchev–Trinajstić information content (AvgIpc) is 2.92. The Morgan fingerprint density at radius 1 is 0.884 bits per heavy atom. The number of carbonyl (C=O) groups is 1. The fourth-order valence-electron chi connectivity index (χ4n) is 4.04. The van der Waals surface area contributed by atoms with Gasteiger partial charge in [-0.15, -0.1) is 0 Å². The van der Waals surface area contributed by atoms with Crippen molar-refractivity contribution in [3.63, 3.8) is 0 Å². The van der Waals surface area contributed by atoms with E-state index in [9.17, 15) is 45.3 Å². The highest BCUT2D eigenvalue weighted by molar-refractivity contribution is 5.86. The van der Waals surface area contributed by atoms with Gasteiger partial charge in [0.1, 0.15) is 0 Å². The molecular weight excluding hydrogens is 566 g/mol. The van der Waals surface area contributed by atoms with E-state index in [1.54, 1.807) is 32.6 Å². The molecule has 0 spiro atoms. The Balaban J connectivity index is 0.000000434. The van der Waals surface area contributed by atoms with Crippen LogP contribution in [0.3, 0.4) is 0 Å². The topological polar surface area (TPSA) is 202 Å². The van der Waals surface area contributed by atoms with E-state index in [1.807, 2.05) is 20.8 Å². The lowest BCUT2D eigenvalue weighted by Crippen LogP contribution is -2.25. The van der Waals surface area contributed by atoms with Crippen LogP contribution >= 0.6 is 0 Å². The number of hydrogen-bond donors (Lipinski definition) is 0. The van der Waals surface area contributed by atoms with Crippen molar-refractivity contribution in [3.8, 4) is 5.75 Å². The minimum absolute atomic E-state index is 0.113. The molecule has 0 aromatic heterocycles. The van der Waals surface area contributed by atoms with E-state index in [4.69, 9.17) is 4.74 Å². The Morgan fingerprint density at radius 2 is 1.42 bits per heavy atom. The third kappa shape index (κ3) is 10.1. The summed E-state index contributed by atoms with van der Waals surface area (Å²) in [5.41, 5.74) is 0.164. The summed E-state index contributed by atoms with van der Waals surface area (Å²) in [6, 6.07) is 4.79. The van der Waals surface area contributed by atoms with E-state index in [0.717, 1.165) is 18.9 Å². The first-order valence-corrected chi connectivity index (χ1v) is 13.6. The van der Waals surface area contributed by atoms with Gasteiger partial charge in [0.25, 0.3) is 17.1 Å². The second kappa shape index (κ2) is 16.5. The maximum Gasteiger partial charge on any atom is 0.336 e. The third-order valence-electron chi connectivity index (χ3n) is 6.33. The fourth-order valence-corrected chi connectivity index (χ4v) is 4.04. The lowest BCUT2D eigenvalue weighted by Gasteiger charge is -2.22. The van der Waals surface area contributed by atoms with E-state index in [1.165, 1.54) is 24.3 Å². The molecule has 2 rings (SSSR count). The number of unbranched alkanes of at least 4 members (excludes halogenated alkanes) is 1. The average molecular weight is 604 g/mol. The summed E-state index contributed by atoms with van der Waals surface area (Å²) in [7, 11) is 0. The number of ether oxygens (including phenoxy) is 1. The summed E-state index contributed by atoms with van der Waals surface area (Å²) < 4.78 is 5.13. The van der Waals surface area contributed by atoms with E-state index >= 15 is 0 Å². The summed E-state index contributed by atoms with van der Waals surface area (Å²) in [5.74, 6) is -1.24. The summed E-state index contributed by atoms with van der Waals surface area (Å²) in [6.07, 6.45) is 3.52. The zero-order valence-electron chi connectivity index (χ0n) is 25.3. The smallest absolute Gasteiger partial charge is 0.336 e. The highest BCUT2D eigenvalue weighted by Gasteiger charge is 2.30. The van der Waals surface area contributed by atoms with Crippen LogP contribution in [0.15, 0.2) is 35.9 Å². The lowest BCUT2D eigenvalue weighted by molar-refractivity contribution is -0.394. The number of non-ortho nitro benzene ring substituents is 1. The van der Waals surface area contributed by atoms with E-state index in [-0.39, 0.29) is 34.3 Å². The van der Waals surface area contributed by atoms with Gasteiger partial charge < -0.3 is 9.64 Å². The minimum Gasteiger partial charge on any atom is -0.416 e. The molecule has 0 bridgehead atoms. The maximum atomic E-state index is 11.8. The quantitative estimate of drug-likeness (QED) is 0.0729. The number of aryl methyl sites for hydroxylation is 1. The number of carbonyl (C=O) groups excluding carboxylic acids is 1. The highest BCUT2D eigenvalue weighted by Crippen LogP contribution is 2.41. The maximum absolute atomic E-state index is 11.8. The zero-order chi connectivity index (χ0) is 33.0. The van der Waals surface area contributed by atoms with Crippen LogP contribution in [0.4, 0.5) is 28.4 Å². The van der Waals surface area contributed by atoms with Crippen LogP contribution in [0.25, 0.3) is 0 Å². The SMILES string of the molecule is CCC(C)c1cc([N+](=O)[O-])cc([N+](=O)[O-])c1OC(=O)C=C(C)C.CCCCN(CC)c1c([N+](=O)[O-])cc(C)cc1[N+](=O)[O-]. The number of rotatable bonds is 13. The fraction of sp³-hybridized carbons (Fsp3) is 0.464. The normalized spacial score (nSPS) is 11.0. The van der Waals surface area contributed by atoms with Crippen LogP contribution in [0, 0.1) is 47.4 Å². The zero-order valence-corrected chi connectivity index (χ0v) is 25.3. The number of nitrogens with zero attached hydrogens (tertiary/aromatic N) is 5. The van der Waals surface area contributed by atoms with Gasteiger partial charge in [0.15, 0.2) is 5.69 Å². The first-order valence-electron chi connectivity index (χ1n) is 13.6. The van der Waals surface area contributed by atoms with Gasteiger partial charge in [-0.05, 0) is 52.0 Å². The second-order valence-electron chi connectivity index (χ2n) is 9.95. The number of esters is 1. The van der Waals surface area contributed by atoms with Crippen LogP contribution in [-0.2, 0) is 4.79 Å². The molecule has 0 N–H and O–H groups in total. The van der Waals surface area contributed by atoms with Gasteiger partial charge >= 0.3 is 11.7 Å². The van der Waals surface area contributed by atoms with Gasteiger partial charge in [0.2, 0.25) is 5.75 Å². The molecular formula is C28H37N5O10. The van der Waals surface area contributed by atoms with Crippen molar-refractivity contribution in [2.75, 3.05) is 18.0 Å². The molecule has 0 amide bonds. The highest BCUT2D eigenvalue weighted by atomic mass is 16.6. The van der Waals surface area contributed by atoms with E-state index in [2.05, 4.69) is 0 Å². The van der Waals surface area contributed by atoms with Crippen LogP contribution in [-0.4, -0.2) is 38.8 Å². The molecule has 0 aliphatic carbocycles. The van der Waals surface area contributed by atoms with E-state index < -0.39 is 37.0 Å². The first-order chi connectivity index (χ1) is 20.1. The molecule has 0 saturated carbocycles. The van der Waals surface area contributed by atoms with Gasteiger partial charge in [-0.3, -0.25) is 40.5 Å². The number of hydrogen-bond acceptors (Lipinski definition) is 11. The van der Waals surface area contributed by atoms with Gasteiger partial charge in [-0.1, -0.05) is 32.8 Å². The third-order valence-corrected chi connectivity index (χ3v) is 6.33. The number of nitro groups is 4. The van der Waals surface area contributed by atoms with Crippen molar-refractivity contribution in [1.82, 2.24) is 0 Å². The molecule has 1 unspecified atom stereocenters. The Labute approximate surface area is 248 Å². The van der Waals surface area contributed by atoms with Gasteiger partial charge in [0, 0.05) is 42.9 Å². The number of anilines is 1. The molecule has 0 saturated heterocycles. The lowest BCUT2D eigenvalue weighted by atomic mass is 9.96. The number of benzene rings is 2. The van der Waals surface area contributed by atoms with Crippen molar-refractivity contribution in [3.05, 3.63) is 87.5 Å². The Kier molecular flexibility index (Phi) is 13.8. The summed E-state index contributed by atoms with van der Waals surface area (Å²) in [6.45, 7) is 13.5. The van der Waals surface area contributed by atoms with Gasteiger partial charge in [-0.25, -0.2) is 4.79 Å². The van der Waals surface area contributed by atoms with Crippen LogP contribution in [0.5, 0.6) is 5.75 Å². The summed E-state index contributed by atoms with van der Waals surface area (Å²) in [5, 5.41) is 44.6. The molecule has 43 heavy (non-hydrogen) atoms. The second-order valence-corrected chi connectivity index (χ2v) is 9.95. The molecule has 15 nitrogen and oxygen atoms in total. The number of nitro benzene ring substituents is 4. The Bertz CT molecular complexity index is 1370. The van der Waals surface area contributed by atoms with Crippen molar-refractivity contribution >= 4 is 34.4 Å². The van der Waals surface area contributed by atoms with Crippen molar-refractivity contribution in [2.24, 2.45) is 0 Å². The van der Waals surface area contributed by atoms with E-state index in [0.29, 0.717) is 30.6 Å². The predicted octanol–water partition coefficient (Wildman–Crippen LogP) is 7.33. The van der Waals surface area contributed by atoms with Gasteiger partial charge in [-0.2, -0.15) is 0 Å². The van der Waals surface area contributed by atoms with Gasteiger partial charge in [0.05, 0.1) is 25.8 Å². The van der Waals surface area contributed by atoms with Crippen molar-refractivity contribution < 1.29 is 29.2 Å². The van der Waals surface area contributed by atoms with Crippen LogP contribution in [0.1, 0.15) is 77.8 Å². The van der Waals surface area contributed by atoms with Crippen molar-refractivity contribution in [2.45, 2.75) is 73.6 Å². The van der Waals surface area contributed by atoms with Crippen molar-refractivity contribution in [1.29, 1.82) is 0 Å². The molecule has 15 heteroatoms.